The van der Waals surface area contributed by atoms with Crippen molar-refractivity contribution in [1.82, 2.24) is 15.5 Å². The van der Waals surface area contributed by atoms with E-state index in [9.17, 15) is 19.7 Å². The molecule has 2 atom stereocenters. The van der Waals surface area contributed by atoms with Crippen molar-refractivity contribution >= 4 is 17.5 Å². The Kier molecular flexibility index (Phi) is 7.94. The van der Waals surface area contributed by atoms with Gasteiger partial charge in [-0.05, 0) is 35.4 Å². The second kappa shape index (κ2) is 10.9. The smallest absolute Gasteiger partial charge is 0.270 e. The summed E-state index contributed by atoms with van der Waals surface area (Å²) < 4.78 is 0. The minimum absolute atomic E-state index is 0.141. The van der Waals surface area contributed by atoms with Gasteiger partial charge in [0, 0.05) is 43.9 Å². The van der Waals surface area contributed by atoms with Crippen molar-refractivity contribution in [2.45, 2.75) is 33.4 Å². The van der Waals surface area contributed by atoms with Gasteiger partial charge < -0.3 is 10.6 Å². The van der Waals surface area contributed by atoms with E-state index in [0.29, 0.717) is 18.4 Å². The Morgan fingerprint density at radius 1 is 1.03 bits per heavy atom. The molecule has 1 aliphatic heterocycles. The van der Waals surface area contributed by atoms with Gasteiger partial charge in [0.25, 0.3) is 11.6 Å². The summed E-state index contributed by atoms with van der Waals surface area (Å²) in [6, 6.07) is 13.5. The lowest BCUT2D eigenvalue weighted by molar-refractivity contribution is -0.384. The molecule has 3 rings (SSSR count). The van der Waals surface area contributed by atoms with Crippen LogP contribution in [-0.2, 0) is 17.9 Å². The first-order valence-corrected chi connectivity index (χ1v) is 10.9. The van der Waals surface area contributed by atoms with Crippen LogP contribution in [0.4, 0.5) is 5.69 Å². The number of non-ortho nitro benzene ring substituents is 1. The molecule has 1 heterocycles. The molecule has 2 aromatic carbocycles. The quantitative estimate of drug-likeness (QED) is 0.487. The Bertz CT molecular complexity index is 968. The molecule has 32 heavy (non-hydrogen) atoms. The molecular formula is C24H30N4O4. The SMILES string of the molecule is CC1CC(C)CN(Cc2ccccc2CNC(=O)CNC(=O)c2cccc([N+](=O)[O-])c2)C1. The van der Waals surface area contributed by atoms with E-state index in [1.807, 2.05) is 18.2 Å². The minimum atomic E-state index is -0.563. The van der Waals surface area contributed by atoms with Crippen molar-refractivity contribution in [1.29, 1.82) is 0 Å². The summed E-state index contributed by atoms with van der Waals surface area (Å²) in [6.45, 7) is 7.76. The first-order valence-electron chi connectivity index (χ1n) is 10.9. The summed E-state index contributed by atoms with van der Waals surface area (Å²) in [5, 5.41) is 16.2. The van der Waals surface area contributed by atoms with Gasteiger partial charge >= 0.3 is 0 Å². The van der Waals surface area contributed by atoms with Crippen LogP contribution in [0, 0.1) is 22.0 Å². The fourth-order valence-electron chi connectivity index (χ4n) is 4.33. The number of nitrogens with zero attached hydrogens (tertiary/aromatic N) is 2. The third kappa shape index (κ3) is 6.62. The monoisotopic (exact) mass is 438 g/mol. The predicted octanol–water partition coefficient (Wildman–Crippen LogP) is 3.12. The second-order valence-corrected chi connectivity index (χ2v) is 8.68. The Labute approximate surface area is 188 Å². The highest BCUT2D eigenvalue weighted by Crippen LogP contribution is 2.23. The van der Waals surface area contributed by atoms with Gasteiger partial charge in [0.1, 0.15) is 0 Å². The summed E-state index contributed by atoms with van der Waals surface area (Å²) >= 11 is 0. The number of amides is 2. The first-order chi connectivity index (χ1) is 15.3. The zero-order chi connectivity index (χ0) is 23.1. The molecule has 8 heteroatoms. The van der Waals surface area contributed by atoms with Crippen LogP contribution >= 0.6 is 0 Å². The van der Waals surface area contributed by atoms with Gasteiger partial charge in [-0.1, -0.05) is 44.2 Å². The normalized spacial score (nSPS) is 18.7. The van der Waals surface area contributed by atoms with E-state index in [1.165, 1.54) is 36.2 Å². The van der Waals surface area contributed by atoms with Crippen LogP contribution in [0.15, 0.2) is 48.5 Å². The van der Waals surface area contributed by atoms with E-state index in [-0.39, 0.29) is 23.7 Å². The highest BCUT2D eigenvalue weighted by Gasteiger charge is 2.22. The lowest BCUT2D eigenvalue weighted by atomic mass is 9.91. The molecule has 2 N–H and O–H groups in total. The van der Waals surface area contributed by atoms with Crippen LogP contribution in [0.1, 0.15) is 41.8 Å². The van der Waals surface area contributed by atoms with Gasteiger partial charge in [-0.3, -0.25) is 24.6 Å². The summed E-state index contributed by atoms with van der Waals surface area (Å²) in [5.41, 5.74) is 2.21. The number of hydrogen-bond acceptors (Lipinski definition) is 5. The molecule has 2 amide bonds. The Balaban J connectivity index is 1.51. The zero-order valence-corrected chi connectivity index (χ0v) is 18.5. The van der Waals surface area contributed by atoms with Gasteiger partial charge in [-0.25, -0.2) is 0 Å². The number of nitrogens with one attached hydrogen (secondary N) is 2. The summed E-state index contributed by atoms with van der Waals surface area (Å²) in [5.74, 6) is 0.511. The molecule has 0 spiro atoms. The van der Waals surface area contributed by atoms with Crippen molar-refractivity contribution in [2.24, 2.45) is 11.8 Å². The molecule has 0 radical (unpaired) electrons. The third-order valence-corrected chi connectivity index (χ3v) is 5.66. The van der Waals surface area contributed by atoms with Crippen LogP contribution in [-0.4, -0.2) is 41.3 Å². The molecular weight excluding hydrogens is 408 g/mol. The molecule has 1 aliphatic rings. The second-order valence-electron chi connectivity index (χ2n) is 8.68. The molecule has 1 fully saturated rings. The number of piperidine rings is 1. The number of nitro groups is 1. The fourth-order valence-corrected chi connectivity index (χ4v) is 4.33. The maximum Gasteiger partial charge on any atom is 0.270 e. The topological polar surface area (TPSA) is 105 Å². The molecule has 0 aliphatic carbocycles. The molecule has 2 aromatic rings. The van der Waals surface area contributed by atoms with Gasteiger partial charge in [0.05, 0.1) is 11.5 Å². The van der Waals surface area contributed by atoms with Crippen LogP contribution in [0.25, 0.3) is 0 Å². The van der Waals surface area contributed by atoms with Crippen LogP contribution in [0.5, 0.6) is 0 Å². The average molecular weight is 439 g/mol. The maximum atomic E-state index is 12.3. The minimum Gasteiger partial charge on any atom is -0.350 e. The number of rotatable bonds is 8. The van der Waals surface area contributed by atoms with E-state index in [0.717, 1.165) is 25.2 Å². The third-order valence-electron chi connectivity index (χ3n) is 5.66. The fraction of sp³-hybridized carbons (Fsp3) is 0.417. The van der Waals surface area contributed by atoms with Crippen molar-refractivity contribution in [3.05, 3.63) is 75.3 Å². The summed E-state index contributed by atoms with van der Waals surface area (Å²) in [4.78, 5) is 37.2. The number of carbonyl (C=O) groups excluding carboxylic acids is 2. The van der Waals surface area contributed by atoms with Crippen molar-refractivity contribution < 1.29 is 14.5 Å². The number of nitro benzene ring substituents is 1. The van der Waals surface area contributed by atoms with Gasteiger partial charge in [0.2, 0.25) is 5.91 Å². The Morgan fingerprint density at radius 2 is 1.72 bits per heavy atom. The molecule has 8 nitrogen and oxygen atoms in total. The number of hydrogen-bond donors (Lipinski definition) is 2. The van der Waals surface area contributed by atoms with E-state index in [2.05, 4.69) is 35.4 Å². The lowest BCUT2D eigenvalue weighted by Gasteiger charge is -2.35. The van der Waals surface area contributed by atoms with E-state index in [4.69, 9.17) is 0 Å². The molecule has 1 saturated heterocycles. The number of benzene rings is 2. The molecule has 2 unspecified atom stereocenters. The van der Waals surface area contributed by atoms with E-state index in [1.54, 1.807) is 0 Å². The van der Waals surface area contributed by atoms with Gasteiger partial charge in [-0.15, -0.1) is 0 Å². The maximum absolute atomic E-state index is 12.3. The van der Waals surface area contributed by atoms with E-state index < -0.39 is 10.8 Å². The highest BCUT2D eigenvalue weighted by atomic mass is 16.6. The summed E-state index contributed by atoms with van der Waals surface area (Å²) in [7, 11) is 0. The molecule has 170 valence electrons. The zero-order valence-electron chi connectivity index (χ0n) is 18.5. The van der Waals surface area contributed by atoms with Crippen LogP contribution in [0.2, 0.25) is 0 Å². The van der Waals surface area contributed by atoms with Crippen LogP contribution in [0.3, 0.4) is 0 Å². The highest BCUT2D eigenvalue weighted by molar-refractivity contribution is 5.96. The van der Waals surface area contributed by atoms with Crippen LogP contribution < -0.4 is 10.6 Å². The molecule has 0 aromatic heterocycles. The predicted molar refractivity (Wildman–Crippen MR) is 122 cm³/mol. The van der Waals surface area contributed by atoms with Gasteiger partial charge in [0.15, 0.2) is 0 Å². The average Bonchev–Trinajstić information content (AvgIpc) is 2.76. The number of carbonyl (C=O) groups is 2. The van der Waals surface area contributed by atoms with Gasteiger partial charge in [-0.2, -0.15) is 0 Å². The molecule has 0 bridgehead atoms. The van der Waals surface area contributed by atoms with Crippen molar-refractivity contribution in [2.75, 3.05) is 19.6 Å². The standard InChI is InChI=1S/C24H30N4O4/c1-17-10-18(2)15-27(14-17)16-21-7-4-3-6-20(21)12-25-23(29)13-26-24(30)19-8-5-9-22(11-19)28(31)32/h3-9,11,17-18H,10,12-16H2,1-2H3,(H,25,29)(H,26,30). The van der Waals surface area contributed by atoms with E-state index >= 15 is 0 Å². The first kappa shape index (κ1) is 23.4. The van der Waals surface area contributed by atoms with Crippen molar-refractivity contribution in [3.63, 3.8) is 0 Å². The Hall–Kier alpha value is -3.26. The van der Waals surface area contributed by atoms with Crippen molar-refractivity contribution in [3.8, 4) is 0 Å². The summed E-state index contributed by atoms with van der Waals surface area (Å²) in [6.07, 6.45) is 1.26. The lowest BCUT2D eigenvalue weighted by Crippen LogP contribution is -2.39. The molecule has 0 saturated carbocycles. The largest absolute Gasteiger partial charge is 0.350 e. The number of likely N-dealkylation sites (tertiary alicyclic amines) is 1. The Morgan fingerprint density at radius 3 is 2.41 bits per heavy atom.